The van der Waals surface area contributed by atoms with Crippen molar-refractivity contribution in [1.82, 2.24) is 0 Å². The van der Waals surface area contributed by atoms with Crippen molar-refractivity contribution < 1.29 is 38.1 Å². The van der Waals surface area contributed by atoms with Crippen LogP contribution in [0.3, 0.4) is 0 Å². The summed E-state index contributed by atoms with van der Waals surface area (Å²) >= 11 is 0. The third-order valence-corrected chi connectivity index (χ3v) is 4.12. The summed E-state index contributed by atoms with van der Waals surface area (Å²) in [5.41, 5.74) is 0.701. The standard InChI is InChI=1S/C19H24O8/c1-10-16(25-11(2)20)18(26-12(3)21)19(27-13(4)22)17(24-10)14-6-8-15(23-5)9-7-14/h6-10,16-19H,1-5H3/t10-,16+,17+,18+,19+/m0/s1. The fourth-order valence-corrected chi connectivity index (χ4v) is 3.08. The Hall–Kier alpha value is -2.61. The molecule has 1 heterocycles. The molecule has 1 aromatic rings. The Morgan fingerprint density at radius 1 is 0.815 bits per heavy atom. The highest BCUT2D eigenvalue weighted by molar-refractivity contribution is 5.68. The summed E-state index contributed by atoms with van der Waals surface area (Å²) in [6.45, 7) is 5.42. The first-order valence-corrected chi connectivity index (χ1v) is 8.54. The molecule has 0 aliphatic carbocycles. The molecule has 1 aliphatic rings. The molecule has 27 heavy (non-hydrogen) atoms. The van der Waals surface area contributed by atoms with Crippen molar-refractivity contribution in [3.8, 4) is 5.75 Å². The van der Waals surface area contributed by atoms with Gasteiger partial charge >= 0.3 is 17.9 Å². The summed E-state index contributed by atoms with van der Waals surface area (Å²) in [6, 6.07) is 7.02. The lowest BCUT2D eigenvalue weighted by molar-refractivity contribution is -0.245. The maximum atomic E-state index is 11.7. The van der Waals surface area contributed by atoms with Gasteiger partial charge in [-0.15, -0.1) is 0 Å². The Kier molecular flexibility index (Phi) is 6.79. The normalized spacial score (nSPS) is 27.4. The van der Waals surface area contributed by atoms with E-state index in [1.807, 2.05) is 0 Å². The first kappa shape index (κ1) is 20.7. The van der Waals surface area contributed by atoms with Gasteiger partial charge in [0, 0.05) is 20.8 Å². The Labute approximate surface area is 157 Å². The molecular formula is C19H24O8. The van der Waals surface area contributed by atoms with E-state index in [9.17, 15) is 14.4 Å². The summed E-state index contributed by atoms with van der Waals surface area (Å²) < 4.78 is 27.3. The zero-order valence-corrected chi connectivity index (χ0v) is 16.0. The summed E-state index contributed by atoms with van der Waals surface area (Å²) in [5, 5.41) is 0. The SMILES string of the molecule is COc1ccc([C@H]2O[C@@H](C)[C@@H](OC(C)=O)[C@@H](OC(C)=O)[C@@H]2OC(C)=O)cc1. The van der Waals surface area contributed by atoms with Crippen molar-refractivity contribution in [2.45, 2.75) is 58.2 Å². The number of carbonyl (C=O) groups is 3. The van der Waals surface area contributed by atoms with E-state index >= 15 is 0 Å². The van der Waals surface area contributed by atoms with Gasteiger partial charge in [0.05, 0.1) is 13.2 Å². The van der Waals surface area contributed by atoms with Gasteiger partial charge in [0.15, 0.2) is 18.3 Å². The maximum Gasteiger partial charge on any atom is 0.303 e. The number of hydrogen-bond acceptors (Lipinski definition) is 8. The lowest BCUT2D eigenvalue weighted by atomic mass is 9.91. The molecule has 0 N–H and O–H groups in total. The van der Waals surface area contributed by atoms with Crippen LogP contribution in [0, 0.1) is 0 Å². The van der Waals surface area contributed by atoms with Crippen LogP contribution in [-0.4, -0.2) is 49.4 Å². The van der Waals surface area contributed by atoms with Crippen LogP contribution >= 0.6 is 0 Å². The van der Waals surface area contributed by atoms with Gasteiger partial charge in [-0.3, -0.25) is 14.4 Å². The molecule has 8 heteroatoms. The van der Waals surface area contributed by atoms with Gasteiger partial charge in [0.25, 0.3) is 0 Å². The topological polar surface area (TPSA) is 97.4 Å². The smallest absolute Gasteiger partial charge is 0.303 e. The fraction of sp³-hybridized carbons (Fsp3) is 0.526. The zero-order chi connectivity index (χ0) is 20.1. The molecule has 8 nitrogen and oxygen atoms in total. The van der Waals surface area contributed by atoms with Crippen molar-refractivity contribution in [2.24, 2.45) is 0 Å². The van der Waals surface area contributed by atoms with Gasteiger partial charge in [0.1, 0.15) is 11.9 Å². The molecule has 1 aromatic carbocycles. The molecule has 148 valence electrons. The molecule has 0 radical (unpaired) electrons. The maximum absolute atomic E-state index is 11.7. The monoisotopic (exact) mass is 380 g/mol. The minimum atomic E-state index is -1.01. The van der Waals surface area contributed by atoms with Crippen molar-refractivity contribution in [1.29, 1.82) is 0 Å². The Morgan fingerprint density at radius 2 is 1.30 bits per heavy atom. The van der Waals surface area contributed by atoms with E-state index in [0.717, 1.165) is 0 Å². The van der Waals surface area contributed by atoms with Crippen LogP contribution in [0.2, 0.25) is 0 Å². The van der Waals surface area contributed by atoms with Crippen LogP contribution < -0.4 is 4.74 Å². The second-order valence-electron chi connectivity index (χ2n) is 6.26. The molecule has 2 rings (SSSR count). The molecule has 0 aromatic heterocycles. The van der Waals surface area contributed by atoms with Gasteiger partial charge in [0.2, 0.25) is 0 Å². The molecule has 1 aliphatic heterocycles. The van der Waals surface area contributed by atoms with E-state index in [1.54, 1.807) is 38.3 Å². The molecule has 0 spiro atoms. The van der Waals surface area contributed by atoms with Crippen LogP contribution in [0.25, 0.3) is 0 Å². The largest absolute Gasteiger partial charge is 0.497 e. The second kappa shape index (κ2) is 8.85. The van der Waals surface area contributed by atoms with E-state index in [0.29, 0.717) is 11.3 Å². The number of hydrogen-bond donors (Lipinski definition) is 0. The van der Waals surface area contributed by atoms with Crippen LogP contribution in [-0.2, 0) is 33.3 Å². The van der Waals surface area contributed by atoms with Gasteiger partial charge in [-0.05, 0) is 24.6 Å². The number of methoxy groups -OCH3 is 1. The van der Waals surface area contributed by atoms with Crippen LogP contribution in [0.15, 0.2) is 24.3 Å². The number of rotatable bonds is 5. The molecular weight excluding hydrogens is 356 g/mol. The Morgan fingerprint density at radius 3 is 1.78 bits per heavy atom. The van der Waals surface area contributed by atoms with E-state index in [4.69, 9.17) is 23.7 Å². The highest BCUT2D eigenvalue weighted by Gasteiger charge is 2.50. The summed E-state index contributed by atoms with van der Waals surface area (Å²) in [5.74, 6) is -1.06. The number of ether oxygens (including phenoxy) is 5. The molecule has 1 saturated heterocycles. The van der Waals surface area contributed by atoms with Gasteiger partial charge < -0.3 is 23.7 Å². The van der Waals surface area contributed by atoms with Crippen molar-refractivity contribution in [3.63, 3.8) is 0 Å². The molecule has 0 saturated carbocycles. The highest BCUT2D eigenvalue weighted by Crippen LogP contribution is 2.37. The lowest BCUT2D eigenvalue weighted by Gasteiger charge is -2.44. The molecule has 1 fully saturated rings. The lowest BCUT2D eigenvalue weighted by Crippen LogP contribution is -2.57. The van der Waals surface area contributed by atoms with E-state index < -0.39 is 48.4 Å². The minimum absolute atomic E-state index is 0.558. The fourth-order valence-electron chi connectivity index (χ4n) is 3.08. The average molecular weight is 380 g/mol. The third-order valence-electron chi connectivity index (χ3n) is 4.12. The highest BCUT2D eigenvalue weighted by atomic mass is 16.6. The molecule has 0 amide bonds. The van der Waals surface area contributed by atoms with Crippen LogP contribution in [0.1, 0.15) is 39.4 Å². The van der Waals surface area contributed by atoms with Gasteiger partial charge in [-0.25, -0.2) is 0 Å². The summed E-state index contributed by atoms with van der Waals surface area (Å²) in [7, 11) is 1.55. The average Bonchev–Trinajstić information content (AvgIpc) is 2.59. The number of carbonyl (C=O) groups excluding carboxylic acids is 3. The van der Waals surface area contributed by atoms with E-state index in [-0.39, 0.29) is 0 Å². The minimum Gasteiger partial charge on any atom is -0.497 e. The number of esters is 3. The Bertz CT molecular complexity index is 683. The van der Waals surface area contributed by atoms with Crippen molar-refractivity contribution >= 4 is 17.9 Å². The zero-order valence-electron chi connectivity index (χ0n) is 16.0. The van der Waals surface area contributed by atoms with Crippen LogP contribution in [0.5, 0.6) is 5.75 Å². The summed E-state index contributed by atoms with van der Waals surface area (Å²) in [6.07, 6.45) is -4.22. The quantitative estimate of drug-likeness (QED) is 0.565. The number of benzene rings is 1. The van der Waals surface area contributed by atoms with Gasteiger partial charge in [-0.2, -0.15) is 0 Å². The van der Waals surface area contributed by atoms with Crippen molar-refractivity contribution in [3.05, 3.63) is 29.8 Å². The van der Waals surface area contributed by atoms with E-state index in [1.165, 1.54) is 20.8 Å². The van der Waals surface area contributed by atoms with Gasteiger partial charge in [-0.1, -0.05) is 12.1 Å². The summed E-state index contributed by atoms with van der Waals surface area (Å²) in [4.78, 5) is 34.8. The predicted molar refractivity (Wildman–Crippen MR) is 92.9 cm³/mol. The second-order valence-corrected chi connectivity index (χ2v) is 6.26. The molecule has 0 bridgehead atoms. The van der Waals surface area contributed by atoms with Crippen molar-refractivity contribution in [2.75, 3.05) is 7.11 Å². The van der Waals surface area contributed by atoms with Crippen LogP contribution in [0.4, 0.5) is 0 Å². The predicted octanol–water partition coefficient (Wildman–Crippen LogP) is 1.95. The molecule has 5 atom stereocenters. The molecule has 0 unspecified atom stereocenters. The third kappa shape index (κ3) is 5.19. The van der Waals surface area contributed by atoms with E-state index in [2.05, 4.69) is 0 Å². The first-order chi connectivity index (χ1) is 12.7. The first-order valence-electron chi connectivity index (χ1n) is 8.54. The Balaban J connectivity index is 2.43.